The van der Waals surface area contributed by atoms with Crippen LogP contribution in [0.3, 0.4) is 0 Å². The van der Waals surface area contributed by atoms with E-state index in [4.69, 9.17) is 10.8 Å². The highest BCUT2D eigenvalue weighted by molar-refractivity contribution is 5.85. The fourth-order valence-corrected chi connectivity index (χ4v) is 1.83. The number of hydrogen-bond donors (Lipinski definition) is 2. The summed E-state index contributed by atoms with van der Waals surface area (Å²) in [5.41, 5.74) is 5.46. The van der Waals surface area contributed by atoms with Gasteiger partial charge in [0.15, 0.2) is 0 Å². The second kappa shape index (κ2) is 7.07. The molecule has 1 unspecified atom stereocenters. The zero-order chi connectivity index (χ0) is 10.5. The van der Waals surface area contributed by atoms with Crippen LogP contribution in [0.15, 0.2) is 0 Å². The molecule has 0 aliphatic heterocycles. The van der Waals surface area contributed by atoms with Gasteiger partial charge in [0, 0.05) is 0 Å². The minimum Gasteiger partial charge on any atom is -0.481 e. The van der Waals surface area contributed by atoms with Crippen LogP contribution >= 0.6 is 12.4 Å². The summed E-state index contributed by atoms with van der Waals surface area (Å²) < 4.78 is 0. The average Bonchev–Trinajstić information content (AvgIpc) is 2.01. The van der Waals surface area contributed by atoms with Crippen molar-refractivity contribution >= 4 is 18.4 Å². The SMILES string of the molecule is CCC(CN)(CC(=O)O)CC(C)C.Cl. The Balaban J connectivity index is 0. The highest BCUT2D eigenvalue weighted by atomic mass is 35.5. The Morgan fingerprint density at radius 2 is 2.00 bits per heavy atom. The molecule has 14 heavy (non-hydrogen) atoms. The summed E-state index contributed by atoms with van der Waals surface area (Å²) in [6.07, 6.45) is 1.93. The number of halogens is 1. The first kappa shape index (κ1) is 16.2. The van der Waals surface area contributed by atoms with E-state index in [1.807, 2.05) is 6.92 Å². The number of carboxylic acid groups (broad SMARTS) is 1. The van der Waals surface area contributed by atoms with Gasteiger partial charge in [0.1, 0.15) is 0 Å². The zero-order valence-electron chi connectivity index (χ0n) is 9.25. The lowest BCUT2D eigenvalue weighted by Crippen LogP contribution is -2.33. The predicted molar refractivity (Wildman–Crippen MR) is 60.7 cm³/mol. The molecule has 0 aliphatic carbocycles. The van der Waals surface area contributed by atoms with Gasteiger partial charge in [0.05, 0.1) is 6.42 Å². The van der Waals surface area contributed by atoms with E-state index in [0.717, 1.165) is 12.8 Å². The molecule has 0 aliphatic rings. The fourth-order valence-electron chi connectivity index (χ4n) is 1.83. The second-order valence-electron chi connectivity index (χ2n) is 4.23. The monoisotopic (exact) mass is 223 g/mol. The van der Waals surface area contributed by atoms with Crippen LogP contribution in [0, 0.1) is 11.3 Å². The van der Waals surface area contributed by atoms with Crippen molar-refractivity contribution in [2.24, 2.45) is 17.1 Å². The van der Waals surface area contributed by atoms with Crippen molar-refractivity contribution in [2.75, 3.05) is 6.54 Å². The molecule has 0 saturated heterocycles. The Bertz CT molecular complexity index is 168. The van der Waals surface area contributed by atoms with Crippen LogP contribution in [-0.4, -0.2) is 17.6 Å². The topological polar surface area (TPSA) is 63.3 Å². The molecule has 1 atom stereocenters. The molecular formula is C10H22ClNO2. The first-order valence-corrected chi connectivity index (χ1v) is 4.87. The summed E-state index contributed by atoms with van der Waals surface area (Å²) in [5.74, 6) is -0.240. The zero-order valence-corrected chi connectivity index (χ0v) is 10.1. The Morgan fingerprint density at radius 1 is 1.50 bits per heavy atom. The van der Waals surface area contributed by atoms with Gasteiger partial charge >= 0.3 is 5.97 Å². The molecule has 86 valence electrons. The van der Waals surface area contributed by atoms with Gasteiger partial charge < -0.3 is 10.8 Å². The molecule has 0 aromatic carbocycles. The van der Waals surface area contributed by atoms with Gasteiger partial charge in [-0.25, -0.2) is 0 Å². The maximum absolute atomic E-state index is 10.7. The van der Waals surface area contributed by atoms with Gasteiger partial charge in [0.2, 0.25) is 0 Å². The standard InChI is InChI=1S/C10H21NO2.ClH/c1-4-10(7-11,5-8(2)3)6-9(12)13;/h8H,4-7,11H2,1-3H3,(H,12,13);1H. The van der Waals surface area contributed by atoms with Crippen molar-refractivity contribution in [1.29, 1.82) is 0 Å². The van der Waals surface area contributed by atoms with Gasteiger partial charge in [-0.1, -0.05) is 20.8 Å². The average molecular weight is 224 g/mol. The summed E-state index contributed by atoms with van der Waals surface area (Å²) in [4.78, 5) is 10.7. The highest BCUT2D eigenvalue weighted by Crippen LogP contribution is 2.32. The van der Waals surface area contributed by atoms with Crippen LogP contribution in [0.1, 0.15) is 40.0 Å². The van der Waals surface area contributed by atoms with E-state index in [2.05, 4.69) is 13.8 Å². The molecule has 0 radical (unpaired) electrons. The lowest BCUT2D eigenvalue weighted by molar-refractivity contribution is -0.140. The molecule has 4 heteroatoms. The Hall–Kier alpha value is -0.280. The van der Waals surface area contributed by atoms with E-state index >= 15 is 0 Å². The Labute approximate surface area is 92.5 Å². The lowest BCUT2D eigenvalue weighted by atomic mass is 9.75. The smallest absolute Gasteiger partial charge is 0.303 e. The molecular weight excluding hydrogens is 202 g/mol. The largest absolute Gasteiger partial charge is 0.481 e. The molecule has 0 heterocycles. The Kier molecular flexibility index (Phi) is 8.16. The number of carbonyl (C=O) groups is 1. The Morgan fingerprint density at radius 3 is 2.21 bits per heavy atom. The molecule has 0 bridgehead atoms. The summed E-state index contributed by atoms with van der Waals surface area (Å²) in [7, 11) is 0. The minimum atomic E-state index is -0.743. The van der Waals surface area contributed by atoms with Crippen LogP contribution in [0.4, 0.5) is 0 Å². The summed E-state index contributed by atoms with van der Waals surface area (Å²) >= 11 is 0. The first-order valence-electron chi connectivity index (χ1n) is 4.87. The van der Waals surface area contributed by atoms with Crippen molar-refractivity contribution < 1.29 is 9.90 Å². The number of nitrogens with two attached hydrogens (primary N) is 1. The maximum atomic E-state index is 10.7. The van der Waals surface area contributed by atoms with Crippen LogP contribution < -0.4 is 5.73 Å². The molecule has 0 amide bonds. The highest BCUT2D eigenvalue weighted by Gasteiger charge is 2.30. The van der Waals surface area contributed by atoms with E-state index in [-0.39, 0.29) is 24.2 Å². The minimum absolute atomic E-state index is 0. The number of carboxylic acids is 1. The van der Waals surface area contributed by atoms with E-state index in [9.17, 15) is 4.79 Å². The maximum Gasteiger partial charge on any atom is 0.303 e. The summed E-state index contributed by atoms with van der Waals surface area (Å²) in [6.45, 7) is 6.68. The fraction of sp³-hybridized carbons (Fsp3) is 0.900. The molecule has 0 aromatic heterocycles. The predicted octanol–water partition coefficient (Wildman–Crippen LogP) is 2.28. The molecule has 3 N–H and O–H groups in total. The number of hydrogen-bond acceptors (Lipinski definition) is 2. The van der Waals surface area contributed by atoms with E-state index in [1.165, 1.54) is 0 Å². The van der Waals surface area contributed by atoms with Crippen molar-refractivity contribution in [3.05, 3.63) is 0 Å². The van der Waals surface area contributed by atoms with Gasteiger partial charge in [0.25, 0.3) is 0 Å². The van der Waals surface area contributed by atoms with Crippen LogP contribution in [0.2, 0.25) is 0 Å². The molecule has 0 saturated carbocycles. The summed E-state index contributed by atoms with van der Waals surface area (Å²) in [5, 5.41) is 8.77. The normalized spacial score (nSPS) is 14.6. The third-order valence-corrected chi connectivity index (χ3v) is 2.55. The second-order valence-corrected chi connectivity index (χ2v) is 4.23. The van der Waals surface area contributed by atoms with Crippen molar-refractivity contribution in [2.45, 2.75) is 40.0 Å². The van der Waals surface area contributed by atoms with Crippen LogP contribution in [0.25, 0.3) is 0 Å². The van der Waals surface area contributed by atoms with Crippen LogP contribution in [0.5, 0.6) is 0 Å². The molecule has 0 spiro atoms. The van der Waals surface area contributed by atoms with Crippen LogP contribution in [-0.2, 0) is 4.79 Å². The van der Waals surface area contributed by atoms with E-state index in [1.54, 1.807) is 0 Å². The van der Waals surface area contributed by atoms with Gasteiger partial charge in [-0.05, 0) is 30.7 Å². The first-order chi connectivity index (χ1) is 5.95. The third kappa shape index (κ3) is 5.45. The van der Waals surface area contributed by atoms with Crippen molar-refractivity contribution in [1.82, 2.24) is 0 Å². The molecule has 0 rings (SSSR count). The van der Waals surface area contributed by atoms with Crippen molar-refractivity contribution in [3.63, 3.8) is 0 Å². The third-order valence-electron chi connectivity index (χ3n) is 2.55. The van der Waals surface area contributed by atoms with E-state index in [0.29, 0.717) is 12.5 Å². The van der Waals surface area contributed by atoms with Gasteiger partial charge in [-0.2, -0.15) is 0 Å². The van der Waals surface area contributed by atoms with Gasteiger partial charge in [-0.3, -0.25) is 4.79 Å². The van der Waals surface area contributed by atoms with Crippen molar-refractivity contribution in [3.8, 4) is 0 Å². The summed E-state index contributed by atoms with van der Waals surface area (Å²) in [6, 6.07) is 0. The number of rotatable bonds is 6. The lowest BCUT2D eigenvalue weighted by Gasteiger charge is -2.31. The molecule has 0 fully saturated rings. The molecule has 0 aromatic rings. The molecule has 3 nitrogen and oxygen atoms in total. The quantitative estimate of drug-likeness (QED) is 0.726. The van der Waals surface area contributed by atoms with Gasteiger partial charge in [-0.15, -0.1) is 12.4 Å². The van der Waals surface area contributed by atoms with E-state index < -0.39 is 5.97 Å². The number of aliphatic carboxylic acids is 1.